The average molecular weight is 417 g/mol. The number of rotatable bonds is 8. The van der Waals surface area contributed by atoms with Crippen LogP contribution in [-0.2, 0) is 4.79 Å². The normalized spacial score (nSPS) is 10.3. The average Bonchev–Trinajstić information content (AvgIpc) is 3.14. The van der Waals surface area contributed by atoms with Gasteiger partial charge < -0.3 is 15.4 Å². The number of hydrogen-bond acceptors (Lipinski definition) is 9. The molecular weight excluding hydrogens is 402 g/mol. The maximum atomic E-state index is 12.1. The fourth-order valence-electron chi connectivity index (χ4n) is 2.23. The van der Waals surface area contributed by atoms with Crippen molar-refractivity contribution < 1.29 is 14.5 Å². The molecule has 3 aromatic rings. The molecule has 2 aromatic carbocycles. The number of anilines is 3. The topological polar surface area (TPSA) is 119 Å². The van der Waals surface area contributed by atoms with Crippen molar-refractivity contribution in [1.29, 1.82) is 0 Å². The van der Waals surface area contributed by atoms with Crippen LogP contribution < -0.4 is 15.4 Å². The summed E-state index contributed by atoms with van der Waals surface area (Å²) in [6.45, 7) is 0. The van der Waals surface area contributed by atoms with Gasteiger partial charge in [-0.1, -0.05) is 47.4 Å². The number of benzene rings is 2. The van der Waals surface area contributed by atoms with E-state index in [9.17, 15) is 14.9 Å². The number of carbonyl (C=O) groups is 1. The molecule has 0 aliphatic rings. The van der Waals surface area contributed by atoms with Crippen LogP contribution in [0.3, 0.4) is 0 Å². The number of ether oxygens (including phenoxy) is 1. The van der Waals surface area contributed by atoms with E-state index in [1.807, 2.05) is 24.3 Å². The van der Waals surface area contributed by atoms with Crippen LogP contribution >= 0.6 is 23.1 Å². The van der Waals surface area contributed by atoms with Gasteiger partial charge in [0, 0.05) is 6.07 Å². The largest absolute Gasteiger partial charge is 0.495 e. The van der Waals surface area contributed by atoms with E-state index in [1.54, 1.807) is 19.2 Å². The number of nitro groups is 1. The lowest BCUT2D eigenvalue weighted by molar-refractivity contribution is -0.383. The number of thioether (sulfide) groups is 1. The van der Waals surface area contributed by atoms with Gasteiger partial charge in [-0.2, -0.15) is 0 Å². The number of nitrogens with one attached hydrogen (secondary N) is 2. The van der Waals surface area contributed by atoms with Gasteiger partial charge >= 0.3 is 0 Å². The van der Waals surface area contributed by atoms with E-state index >= 15 is 0 Å². The second-order valence-corrected chi connectivity index (χ2v) is 7.51. The number of methoxy groups -OCH3 is 1. The lowest BCUT2D eigenvalue weighted by atomic mass is 10.2. The molecule has 0 bridgehead atoms. The predicted octanol–water partition coefficient (Wildman–Crippen LogP) is 3.93. The lowest BCUT2D eigenvalue weighted by Crippen LogP contribution is -2.15. The van der Waals surface area contributed by atoms with Crippen molar-refractivity contribution in [3.63, 3.8) is 0 Å². The third-order valence-corrected chi connectivity index (χ3v) is 5.43. The zero-order valence-corrected chi connectivity index (χ0v) is 16.3. The van der Waals surface area contributed by atoms with Gasteiger partial charge in [-0.15, -0.1) is 10.2 Å². The number of carbonyl (C=O) groups excluding carboxylic acids is 1. The molecule has 3 rings (SSSR count). The van der Waals surface area contributed by atoms with E-state index in [4.69, 9.17) is 4.74 Å². The van der Waals surface area contributed by atoms with Crippen molar-refractivity contribution in [3.05, 3.63) is 58.6 Å². The fraction of sp³-hybridized carbons (Fsp3) is 0.118. The molecule has 0 saturated carbocycles. The molecule has 0 spiro atoms. The number of para-hydroxylation sites is 4. The van der Waals surface area contributed by atoms with Crippen LogP contribution in [0.4, 0.5) is 22.2 Å². The minimum absolute atomic E-state index is 0.0509. The molecule has 0 aliphatic heterocycles. The summed E-state index contributed by atoms with van der Waals surface area (Å²) < 4.78 is 5.87. The molecule has 0 saturated heterocycles. The Morgan fingerprint density at radius 3 is 2.64 bits per heavy atom. The molecule has 0 radical (unpaired) electrons. The molecule has 0 fully saturated rings. The summed E-state index contributed by atoms with van der Waals surface area (Å²) in [6, 6.07) is 13.4. The number of nitro benzene ring substituents is 1. The highest BCUT2D eigenvalue weighted by atomic mass is 32.2. The maximum absolute atomic E-state index is 12.1. The molecular formula is C17H15N5O4S2. The zero-order chi connectivity index (χ0) is 19.9. The first-order valence-electron chi connectivity index (χ1n) is 7.96. The smallest absolute Gasteiger partial charge is 0.292 e. The highest BCUT2D eigenvalue weighted by Crippen LogP contribution is 2.31. The van der Waals surface area contributed by atoms with Gasteiger partial charge in [0.2, 0.25) is 11.0 Å². The number of hydrogen-bond donors (Lipinski definition) is 2. The minimum atomic E-state index is -0.538. The van der Waals surface area contributed by atoms with Crippen molar-refractivity contribution >= 4 is 51.2 Å². The highest BCUT2D eigenvalue weighted by Gasteiger charge is 2.15. The van der Waals surface area contributed by atoms with E-state index in [2.05, 4.69) is 20.8 Å². The molecule has 1 aromatic heterocycles. The van der Waals surface area contributed by atoms with Crippen LogP contribution in [0.5, 0.6) is 5.75 Å². The van der Waals surface area contributed by atoms with Gasteiger partial charge in [-0.05, 0) is 18.2 Å². The summed E-state index contributed by atoms with van der Waals surface area (Å²) in [7, 11) is 1.58. The Kier molecular flexibility index (Phi) is 6.40. The van der Waals surface area contributed by atoms with E-state index in [0.717, 1.165) is 5.69 Å². The van der Waals surface area contributed by atoms with Gasteiger partial charge in [0.25, 0.3) is 5.69 Å². The molecule has 0 aliphatic carbocycles. The van der Waals surface area contributed by atoms with E-state index in [-0.39, 0.29) is 23.0 Å². The first kappa shape index (κ1) is 19.6. The Labute approximate surface area is 168 Å². The standard InChI is InChI=1S/C17H15N5O4S2/c1-26-14-9-5-3-7-12(14)19-16-20-21-17(28-16)27-10-15(23)18-11-6-2-4-8-13(11)22(24)25/h2-9H,10H2,1H3,(H,18,23)(H,19,20). The van der Waals surface area contributed by atoms with Gasteiger partial charge in [-0.3, -0.25) is 14.9 Å². The minimum Gasteiger partial charge on any atom is -0.495 e. The molecule has 9 nitrogen and oxygen atoms in total. The summed E-state index contributed by atoms with van der Waals surface area (Å²) in [5, 5.41) is 25.3. The van der Waals surface area contributed by atoms with Crippen molar-refractivity contribution in [3.8, 4) is 5.75 Å². The number of nitrogens with zero attached hydrogens (tertiary/aromatic N) is 3. The van der Waals surface area contributed by atoms with Crippen molar-refractivity contribution in [2.75, 3.05) is 23.5 Å². The van der Waals surface area contributed by atoms with Crippen molar-refractivity contribution in [2.45, 2.75) is 4.34 Å². The Bertz CT molecular complexity index is 995. The molecule has 11 heteroatoms. The maximum Gasteiger partial charge on any atom is 0.292 e. The third-order valence-electron chi connectivity index (χ3n) is 3.46. The fourth-order valence-corrected chi connectivity index (χ4v) is 3.80. The van der Waals surface area contributed by atoms with Crippen LogP contribution in [0.2, 0.25) is 0 Å². The first-order valence-corrected chi connectivity index (χ1v) is 9.76. The van der Waals surface area contributed by atoms with Crippen molar-refractivity contribution in [1.82, 2.24) is 10.2 Å². The van der Waals surface area contributed by atoms with E-state index in [0.29, 0.717) is 15.2 Å². The highest BCUT2D eigenvalue weighted by molar-refractivity contribution is 8.01. The van der Waals surface area contributed by atoms with Crippen LogP contribution in [0.1, 0.15) is 0 Å². The Morgan fingerprint density at radius 1 is 1.18 bits per heavy atom. The Morgan fingerprint density at radius 2 is 1.89 bits per heavy atom. The summed E-state index contributed by atoms with van der Waals surface area (Å²) in [5.41, 5.74) is 0.765. The summed E-state index contributed by atoms with van der Waals surface area (Å²) in [4.78, 5) is 22.6. The Balaban J connectivity index is 1.57. The first-order chi connectivity index (χ1) is 13.6. The Hall–Kier alpha value is -3.18. The molecule has 2 N–H and O–H groups in total. The second kappa shape index (κ2) is 9.15. The zero-order valence-electron chi connectivity index (χ0n) is 14.6. The molecule has 0 atom stereocenters. The number of amides is 1. The summed E-state index contributed by atoms with van der Waals surface area (Å²) in [5.74, 6) is 0.361. The monoisotopic (exact) mass is 417 g/mol. The van der Waals surface area contributed by atoms with Crippen molar-refractivity contribution in [2.24, 2.45) is 0 Å². The third kappa shape index (κ3) is 4.96. The van der Waals surface area contributed by atoms with Gasteiger partial charge in [-0.25, -0.2) is 0 Å². The molecule has 1 heterocycles. The van der Waals surface area contributed by atoms with Gasteiger partial charge in [0.1, 0.15) is 11.4 Å². The quantitative estimate of drug-likeness (QED) is 0.321. The molecule has 1 amide bonds. The van der Waals surface area contributed by atoms with E-state index in [1.165, 1.54) is 35.2 Å². The van der Waals surface area contributed by atoms with E-state index < -0.39 is 4.92 Å². The second-order valence-electron chi connectivity index (χ2n) is 5.31. The number of aromatic nitrogens is 2. The summed E-state index contributed by atoms with van der Waals surface area (Å²) in [6.07, 6.45) is 0. The van der Waals surface area contributed by atoms with Crippen LogP contribution in [0.15, 0.2) is 52.9 Å². The SMILES string of the molecule is COc1ccccc1Nc1nnc(SCC(=O)Nc2ccccc2[N+](=O)[O-])s1. The van der Waals surface area contributed by atoms with Crippen LogP contribution in [0, 0.1) is 10.1 Å². The van der Waals surface area contributed by atoms with Crippen LogP contribution in [-0.4, -0.2) is 33.9 Å². The van der Waals surface area contributed by atoms with Gasteiger partial charge in [0.15, 0.2) is 4.34 Å². The molecule has 28 heavy (non-hydrogen) atoms. The van der Waals surface area contributed by atoms with Crippen LogP contribution in [0.25, 0.3) is 0 Å². The predicted molar refractivity (Wildman–Crippen MR) is 109 cm³/mol. The molecule has 144 valence electrons. The van der Waals surface area contributed by atoms with Gasteiger partial charge in [0.05, 0.1) is 23.5 Å². The molecule has 0 unspecified atom stereocenters. The summed E-state index contributed by atoms with van der Waals surface area (Å²) >= 11 is 2.48. The lowest BCUT2D eigenvalue weighted by Gasteiger charge is -2.07.